The van der Waals surface area contributed by atoms with Crippen molar-refractivity contribution in [1.29, 1.82) is 0 Å². The van der Waals surface area contributed by atoms with Gasteiger partial charge in [0.25, 0.3) is 0 Å². The van der Waals surface area contributed by atoms with Crippen molar-refractivity contribution in [1.82, 2.24) is 5.32 Å². The second-order valence-corrected chi connectivity index (χ2v) is 4.32. The Balaban J connectivity index is 0.00000144. The number of ether oxygens (including phenoxy) is 1. The van der Waals surface area contributed by atoms with E-state index in [1.807, 2.05) is 18.2 Å². The van der Waals surface area contributed by atoms with Crippen LogP contribution in [0.1, 0.15) is 25.8 Å². The van der Waals surface area contributed by atoms with Crippen LogP contribution in [0.5, 0.6) is 5.75 Å². The zero-order valence-electron chi connectivity index (χ0n) is 10.4. The van der Waals surface area contributed by atoms with Crippen LogP contribution in [-0.2, 0) is 0 Å². The third kappa shape index (κ3) is 3.76. The molecule has 0 bridgehead atoms. The maximum Gasteiger partial charge on any atom is 0.127 e. The van der Waals surface area contributed by atoms with Crippen molar-refractivity contribution >= 4 is 18.5 Å². The molecule has 2 nitrogen and oxygen atoms in total. The number of halogens is 1. The molecule has 17 heavy (non-hydrogen) atoms. The molecule has 0 spiro atoms. The van der Waals surface area contributed by atoms with Gasteiger partial charge in [0.1, 0.15) is 12.4 Å². The summed E-state index contributed by atoms with van der Waals surface area (Å²) in [6.07, 6.45) is 3.39. The highest BCUT2D eigenvalue weighted by atomic mass is 35.5. The van der Waals surface area contributed by atoms with Gasteiger partial charge in [0.15, 0.2) is 0 Å². The van der Waals surface area contributed by atoms with Crippen molar-refractivity contribution in [2.24, 2.45) is 0 Å². The number of benzene rings is 1. The summed E-state index contributed by atoms with van der Waals surface area (Å²) in [6.45, 7) is 6.03. The Bertz CT molecular complexity index is 390. The Labute approximate surface area is 109 Å². The maximum absolute atomic E-state index is 5.69. The molecule has 1 aliphatic rings. The highest BCUT2D eigenvalue weighted by molar-refractivity contribution is 5.85. The smallest absolute Gasteiger partial charge is 0.127 e. The SMILES string of the molecule is CCC(C)NCC1=Cc2ccccc2OC1.Cl. The molecule has 1 N–H and O–H groups in total. The number of rotatable bonds is 4. The van der Waals surface area contributed by atoms with Gasteiger partial charge in [-0.15, -0.1) is 12.4 Å². The van der Waals surface area contributed by atoms with Gasteiger partial charge in [0.2, 0.25) is 0 Å². The zero-order valence-corrected chi connectivity index (χ0v) is 11.2. The fourth-order valence-corrected chi connectivity index (χ4v) is 1.71. The maximum atomic E-state index is 5.69. The molecule has 0 fully saturated rings. The van der Waals surface area contributed by atoms with Gasteiger partial charge in [0.05, 0.1) is 0 Å². The molecule has 1 aromatic carbocycles. The van der Waals surface area contributed by atoms with Crippen LogP contribution in [0.4, 0.5) is 0 Å². The third-order valence-corrected chi connectivity index (χ3v) is 2.98. The molecule has 0 aliphatic carbocycles. The van der Waals surface area contributed by atoms with E-state index in [0.29, 0.717) is 12.6 Å². The summed E-state index contributed by atoms with van der Waals surface area (Å²) in [5, 5.41) is 3.48. The van der Waals surface area contributed by atoms with Gasteiger partial charge >= 0.3 is 0 Å². The molecule has 94 valence electrons. The molecule has 3 heteroatoms. The highest BCUT2D eigenvalue weighted by Gasteiger charge is 2.10. The molecule has 1 aromatic rings. The Morgan fingerprint density at radius 3 is 2.88 bits per heavy atom. The van der Waals surface area contributed by atoms with E-state index in [1.54, 1.807) is 0 Å². The first kappa shape index (κ1) is 14.1. The minimum atomic E-state index is 0. The fourth-order valence-electron chi connectivity index (χ4n) is 1.71. The highest BCUT2D eigenvalue weighted by Crippen LogP contribution is 2.25. The first-order valence-electron chi connectivity index (χ1n) is 5.94. The normalized spacial score (nSPS) is 15.1. The summed E-state index contributed by atoms with van der Waals surface area (Å²) in [5.74, 6) is 0.995. The largest absolute Gasteiger partial charge is 0.489 e. The summed E-state index contributed by atoms with van der Waals surface area (Å²) in [4.78, 5) is 0. The van der Waals surface area contributed by atoms with Crippen LogP contribution < -0.4 is 10.1 Å². The first-order chi connectivity index (χ1) is 7.79. The van der Waals surface area contributed by atoms with Gasteiger partial charge in [-0.2, -0.15) is 0 Å². The molecule has 0 saturated carbocycles. The molecule has 1 aliphatic heterocycles. The summed E-state index contributed by atoms with van der Waals surface area (Å²) < 4.78 is 5.69. The number of fused-ring (bicyclic) bond motifs is 1. The quantitative estimate of drug-likeness (QED) is 0.889. The van der Waals surface area contributed by atoms with Gasteiger partial charge in [-0.05, 0) is 31.1 Å². The van der Waals surface area contributed by atoms with Gasteiger partial charge in [0, 0.05) is 18.2 Å². The standard InChI is InChI=1S/C14H19NO.ClH/c1-3-11(2)15-9-12-8-13-6-4-5-7-14(13)16-10-12;/h4-8,11,15H,3,9-10H2,1-2H3;1H. The summed E-state index contributed by atoms with van der Waals surface area (Å²) in [7, 11) is 0. The van der Waals surface area contributed by atoms with E-state index >= 15 is 0 Å². The number of para-hydroxylation sites is 1. The van der Waals surface area contributed by atoms with E-state index < -0.39 is 0 Å². The average Bonchev–Trinajstić information content (AvgIpc) is 2.35. The Kier molecular flexibility index (Phi) is 5.52. The number of nitrogens with one attached hydrogen (secondary N) is 1. The average molecular weight is 254 g/mol. The second-order valence-electron chi connectivity index (χ2n) is 4.32. The van der Waals surface area contributed by atoms with Crippen molar-refractivity contribution in [2.75, 3.05) is 13.2 Å². The van der Waals surface area contributed by atoms with Crippen LogP contribution in [0.25, 0.3) is 6.08 Å². The van der Waals surface area contributed by atoms with Crippen LogP contribution >= 0.6 is 12.4 Å². The molecule has 0 radical (unpaired) electrons. The van der Waals surface area contributed by atoms with Crippen LogP contribution in [-0.4, -0.2) is 19.2 Å². The molecular formula is C14H20ClNO. The predicted octanol–water partition coefficient (Wildman–Crippen LogP) is 3.27. The topological polar surface area (TPSA) is 21.3 Å². The van der Waals surface area contributed by atoms with Crippen LogP contribution in [0.15, 0.2) is 29.8 Å². The predicted molar refractivity (Wildman–Crippen MR) is 74.9 cm³/mol. The van der Waals surface area contributed by atoms with E-state index in [4.69, 9.17) is 4.74 Å². The lowest BCUT2D eigenvalue weighted by molar-refractivity contribution is 0.341. The van der Waals surface area contributed by atoms with E-state index in [2.05, 4.69) is 31.3 Å². The van der Waals surface area contributed by atoms with Gasteiger partial charge < -0.3 is 10.1 Å². The van der Waals surface area contributed by atoms with Crippen molar-refractivity contribution in [3.63, 3.8) is 0 Å². The van der Waals surface area contributed by atoms with E-state index in [-0.39, 0.29) is 12.4 Å². The third-order valence-electron chi connectivity index (χ3n) is 2.98. The number of hydrogen-bond donors (Lipinski definition) is 1. The van der Waals surface area contributed by atoms with E-state index in [0.717, 1.165) is 18.7 Å². The summed E-state index contributed by atoms with van der Waals surface area (Å²) >= 11 is 0. The van der Waals surface area contributed by atoms with Gasteiger partial charge in [-0.25, -0.2) is 0 Å². The van der Waals surface area contributed by atoms with Crippen molar-refractivity contribution in [3.8, 4) is 5.75 Å². The molecule has 0 aromatic heterocycles. The molecular weight excluding hydrogens is 234 g/mol. The minimum Gasteiger partial charge on any atom is -0.489 e. The molecule has 2 rings (SSSR count). The molecule has 0 saturated heterocycles. The molecule has 0 amide bonds. The Hall–Kier alpha value is -0.990. The lowest BCUT2D eigenvalue weighted by Crippen LogP contribution is -2.29. The molecule has 1 unspecified atom stereocenters. The Morgan fingerprint density at radius 1 is 1.35 bits per heavy atom. The fraction of sp³-hybridized carbons (Fsp3) is 0.429. The van der Waals surface area contributed by atoms with Crippen molar-refractivity contribution < 1.29 is 4.74 Å². The lowest BCUT2D eigenvalue weighted by Gasteiger charge is -2.19. The molecule has 1 heterocycles. The minimum absolute atomic E-state index is 0. The van der Waals surface area contributed by atoms with Crippen LogP contribution in [0, 0.1) is 0 Å². The van der Waals surface area contributed by atoms with Gasteiger partial charge in [-0.3, -0.25) is 0 Å². The van der Waals surface area contributed by atoms with Crippen LogP contribution in [0.2, 0.25) is 0 Å². The van der Waals surface area contributed by atoms with E-state index in [1.165, 1.54) is 11.1 Å². The van der Waals surface area contributed by atoms with Gasteiger partial charge in [-0.1, -0.05) is 25.1 Å². The van der Waals surface area contributed by atoms with Crippen LogP contribution in [0.3, 0.4) is 0 Å². The monoisotopic (exact) mass is 253 g/mol. The second kappa shape index (κ2) is 6.67. The number of hydrogen-bond acceptors (Lipinski definition) is 2. The molecule has 1 atom stereocenters. The zero-order chi connectivity index (χ0) is 11.4. The van der Waals surface area contributed by atoms with Crippen molar-refractivity contribution in [3.05, 3.63) is 35.4 Å². The first-order valence-corrected chi connectivity index (χ1v) is 5.94. The lowest BCUT2D eigenvalue weighted by atomic mass is 10.1. The van der Waals surface area contributed by atoms with Crippen molar-refractivity contribution in [2.45, 2.75) is 26.3 Å². The summed E-state index contributed by atoms with van der Waals surface area (Å²) in [5.41, 5.74) is 2.51. The Morgan fingerprint density at radius 2 is 2.12 bits per heavy atom. The van der Waals surface area contributed by atoms with E-state index in [9.17, 15) is 0 Å². The summed E-state index contributed by atoms with van der Waals surface area (Å²) in [6, 6.07) is 8.74.